The molecule has 3 nitrogen and oxygen atoms in total. The van der Waals surface area contributed by atoms with Gasteiger partial charge in [-0.1, -0.05) is 12.1 Å². The molecule has 100 valence electrons. The monoisotopic (exact) mass is 253 g/mol. The summed E-state index contributed by atoms with van der Waals surface area (Å²) in [5.74, 6) is -0.0394. The Morgan fingerprint density at radius 1 is 1.44 bits per heavy atom. The van der Waals surface area contributed by atoms with E-state index in [0.717, 1.165) is 32.3 Å². The van der Waals surface area contributed by atoms with Crippen molar-refractivity contribution >= 4 is 0 Å². The van der Waals surface area contributed by atoms with Crippen LogP contribution in [0.25, 0.3) is 0 Å². The summed E-state index contributed by atoms with van der Waals surface area (Å²) in [6.07, 6.45) is 4.50. The minimum atomic E-state index is -0.338. The highest BCUT2D eigenvalue weighted by Crippen LogP contribution is 2.23. The molecule has 1 unspecified atom stereocenters. The van der Waals surface area contributed by atoms with E-state index in [1.54, 1.807) is 12.1 Å². The van der Waals surface area contributed by atoms with Gasteiger partial charge >= 0.3 is 0 Å². The fraction of sp³-hybridized carbons (Fsp3) is 0.571. The molecule has 1 aliphatic rings. The van der Waals surface area contributed by atoms with E-state index in [0.29, 0.717) is 30.6 Å². The van der Waals surface area contributed by atoms with Gasteiger partial charge in [-0.05, 0) is 31.7 Å². The molecule has 18 heavy (non-hydrogen) atoms. The fourth-order valence-electron chi connectivity index (χ4n) is 2.23. The van der Waals surface area contributed by atoms with Gasteiger partial charge in [0.1, 0.15) is 0 Å². The third kappa shape index (κ3) is 3.43. The highest BCUT2D eigenvalue weighted by atomic mass is 19.1. The molecule has 1 saturated heterocycles. The number of benzene rings is 1. The van der Waals surface area contributed by atoms with Gasteiger partial charge in [-0.2, -0.15) is 0 Å². The highest BCUT2D eigenvalue weighted by Gasteiger charge is 2.15. The maximum absolute atomic E-state index is 13.6. The van der Waals surface area contributed by atoms with Crippen molar-refractivity contribution in [1.82, 2.24) is 0 Å². The van der Waals surface area contributed by atoms with Crippen LogP contribution in [0.15, 0.2) is 18.2 Å². The van der Waals surface area contributed by atoms with E-state index in [1.807, 2.05) is 0 Å². The average molecular weight is 253 g/mol. The number of para-hydroxylation sites is 1. The Kier molecular flexibility index (Phi) is 4.96. The van der Waals surface area contributed by atoms with Crippen molar-refractivity contribution in [2.24, 2.45) is 5.73 Å². The number of hydrogen-bond donors (Lipinski definition) is 1. The van der Waals surface area contributed by atoms with E-state index in [9.17, 15) is 4.39 Å². The Labute approximate surface area is 107 Å². The Bertz CT molecular complexity index is 378. The first-order valence-electron chi connectivity index (χ1n) is 6.53. The third-order valence-electron chi connectivity index (χ3n) is 3.21. The number of halogens is 1. The molecule has 1 fully saturated rings. The van der Waals surface area contributed by atoms with E-state index >= 15 is 0 Å². The van der Waals surface area contributed by atoms with Crippen molar-refractivity contribution in [3.8, 4) is 5.75 Å². The van der Waals surface area contributed by atoms with Gasteiger partial charge in [0.05, 0.1) is 12.7 Å². The van der Waals surface area contributed by atoms with Gasteiger partial charge in [-0.3, -0.25) is 0 Å². The number of ether oxygens (including phenoxy) is 2. The Morgan fingerprint density at radius 3 is 3.06 bits per heavy atom. The molecular weight excluding hydrogens is 233 g/mol. The van der Waals surface area contributed by atoms with Gasteiger partial charge in [0, 0.05) is 18.7 Å². The molecule has 4 heteroatoms. The molecule has 0 aromatic heterocycles. The first-order chi connectivity index (χ1) is 8.81. The van der Waals surface area contributed by atoms with Gasteiger partial charge in [0.2, 0.25) is 0 Å². The van der Waals surface area contributed by atoms with Crippen LogP contribution in [0.3, 0.4) is 0 Å². The molecule has 0 spiro atoms. The summed E-state index contributed by atoms with van der Waals surface area (Å²) in [4.78, 5) is 0. The predicted molar refractivity (Wildman–Crippen MR) is 68.0 cm³/mol. The molecule has 1 heterocycles. The normalized spacial score (nSPS) is 19.1. The third-order valence-corrected chi connectivity index (χ3v) is 3.21. The van der Waals surface area contributed by atoms with Crippen LogP contribution in [-0.2, 0) is 11.3 Å². The fourth-order valence-corrected chi connectivity index (χ4v) is 2.23. The largest absolute Gasteiger partial charge is 0.490 e. The van der Waals surface area contributed by atoms with Gasteiger partial charge in [-0.25, -0.2) is 4.39 Å². The predicted octanol–water partition coefficient (Wildman–Crippen LogP) is 2.62. The Morgan fingerprint density at radius 2 is 2.33 bits per heavy atom. The summed E-state index contributed by atoms with van der Waals surface area (Å²) >= 11 is 0. The molecule has 1 aromatic carbocycles. The molecule has 0 bridgehead atoms. The lowest BCUT2D eigenvalue weighted by Gasteiger charge is -2.12. The summed E-state index contributed by atoms with van der Waals surface area (Å²) in [7, 11) is 0. The molecule has 0 saturated carbocycles. The van der Waals surface area contributed by atoms with Gasteiger partial charge in [-0.15, -0.1) is 0 Å². The lowest BCUT2D eigenvalue weighted by atomic mass is 10.1. The zero-order valence-corrected chi connectivity index (χ0v) is 10.5. The quantitative estimate of drug-likeness (QED) is 0.793. The number of rotatable bonds is 6. The van der Waals surface area contributed by atoms with Crippen molar-refractivity contribution in [2.45, 2.75) is 38.3 Å². The first-order valence-corrected chi connectivity index (χ1v) is 6.53. The van der Waals surface area contributed by atoms with Crippen molar-refractivity contribution in [2.75, 3.05) is 13.2 Å². The molecule has 2 rings (SSSR count). The maximum Gasteiger partial charge on any atom is 0.165 e. The molecule has 0 amide bonds. The van der Waals surface area contributed by atoms with Crippen LogP contribution in [0.4, 0.5) is 4.39 Å². The van der Waals surface area contributed by atoms with Gasteiger partial charge in [0.25, 0.3) is 0 Å². The van der Waals surface area contributed by atoms with Crippen LogP contribution in [0, 0.1) is 5.82 Å². The Balaban J connectivity index is 1.78. The zero-order chi connectivity index (χ0) is 12.8. The SMILES string of the molecule is NCc1cccc(F)c1OCCCC1CCCO1. The first kappa shape index (κ1) is 13.3. The summed E-state index contributed by atoms with van der Waals surface area (Å²) < 4.78 is 24.6. The van der Waals surface area contributed by atoms with E-state index in [-0.39, 0.29) is 5.82 Å². The van der Waals surface area contributed by atoms with Crippen molar-refractivity contribution < 1.29 is 13.9 Å². The lowest BCUT2D eigenvalue weighted by molar-refractivity contribution is 0.0979. The van der Waals surface area contributed by atoms with Crippen molar-refractivity contribution in [3.63, 3.8) is 0 Å². The van der Waals surface area contributed by atoms with Crippen LogP contribution < -0.4 is 10.5 Å². The summed E-state index contributed by atoms with van der Waals surface area (Å²) in [5.41, 5.74) is 6.27. The topological polar surface area (TPSA) is 44.5 Å². The second-order valence-electron chi connectivity index (χ2n) is 4.56. The molecule has 1 aliphatic heterocycles. The molecule has 0 radical (unpaired) electrons. The highest BCUT2D eigenvalue weighted by molar-refractivity contribution is 5.34. The smallest absolute Gasteiger partial charge is 0.165 e. The number of nitrogens with two attached hydrogens (primary N) is 1. The molecule has 2 N–H and O–H groups in total. The summed E-state index contributed by atoms with van der Waals surface area (Å²) in [6, 6.07) is 4.84. The van der Waals surface area contributed by atoms with Crippen molar-refractivity contribution in [3.05, 3.63) is 29.6 Å². The van der Waals surface area contributed by atoms with Crippen LogP contribution >= 0.6 is 0 Å². The average Bonchev–Trinajstić information content (AvgIpc) is 2.89. The van der Waals surface area contributed by atoms with Crippen molar-refractivity contribution in [1.29, 1.82) is 0 Å². The van der Waals surface area contributed by atoms with Crippen LogP contribution in [0.2, 0.25) is 0 Å². The molecule has 1 atom stereocenters. The standard InChI is InChI=1S/C14H20FNO2/c15-13-7-1-4-11(10-16)14(13)18-9-3-6-12-5-2-8-17-12/h1,4,7,12H,2-3,5-6,8-10,16H2. The van der Waals surface area contributed by atoms with E-state index in [2.05, 4.69) is 0 Å². The molecule has 0 aliphatic carbocycles. The van der Waals surface area contributed by atoms with Gasteiger partial charge < -0.3 is 15.2 Å². The number of hydrogen-bond acceptors (Lipinski definition) is 3. The van der Waals surface area contributed by atoms with E-state index in [4.69, 9.17) is 15.2 Å². The maximum atomic E-state index is 13.6. The van der Waals surface area contributed by atoms with Crippen LogP contribution in [0.5, 0.6) is 5.75 Å². The molecule has 1 aromatic rings. The Hall–Kier alpha value is -1.13. The lowest BCUT2D eigenvalue weighted by Crippen LogP contribution is -2.09. The van der Waals surface area contributed by atoms with Crippen LogP contribution in [0.1, 0.15) is 31.2 Å². The minimum Gasteiger partial charge on any atom is -0.490 e. The minimum absolute atomic E-state index is 0.291. The zero-order valence-electron chi connectivity index (χ0n) is 10.5. The summed E-state index contributed by atoms with van der Waals surface area (Å²) in [6.45, 7) is 1.67. The van der Waals surface area contributed by atoms with Crippen LogP contribution in [-0.4, -0.2) is 19.3 Å². The van der Waals surface area contributed by atoms with E-state index < -0.39 is 0 Å². The van der Waals surface area contributed by atoms with Gasteiger partial charge in [0.15, 0.2) is 11.6 Å². The summed E-state index contributed by atoms with van der Waals surface area (Å²) in [5, 5.41) is 0. The second kappa shape index (κ2) is 6.71. The van der Waals surface area contributed by atoms with E-state index in [1.165, 1.54) is 6.07 Å². The second-order valence-corrected chi connectivity index (χ2v) is 4.56. The molecular formula is C14H20FNO2.